The SMILES string of the molecule is O=C([O-])COCCc1cccc(C(F)(F)F)c1. The Hall–Kier alpha value is -1.56. The van der Waals surface area contributed by atoms with Crippen LogP contribution in [0.4, 0.5) is 13.2 Å². The van der Waals surface area contributed by atoms with E-state index >= 15 is 0 Å². The number of hydrogen-bond donors (Lipinski definition) is 0. The average molecular weight is 247 g/mol. The third kappa shape index (κ3) is 4.86. The van der Waals surface area contributed by atoms with Gasteiger partial charge in [0.05, 0.1) is 24.7 Å². The summed E-state index contributed by atoms with van der Waals surface area (Å²) in [6.07, 6.45) is -4.15. The first-order valence-corrected chi connectivity index (χ1v) is 4.83. The van der Waals surface area contributed by atoms with Crippen molar-refractivity contribution in [2.24, 2.45) is 0 Å². The number of carboxylic acid groups (broad SMARTS) is 1. The van der Waals surface area contributed by atoms with E-state index in [2.05, 4.69) is 4.74 Å². The van der Waals surface area contributed by atoms with Crippen molar-refractivity contribution in [2.45, 2.75) is 12.6 Å². The van der Waals surface area contributed by atoms with E-state index in [1.165, 1.54) is 12.1 Å². The van der Waals surface area contributed by atoms with Crippen LogP contribution in [0.15, 0.2) is 24.3 Å². The number of carboxylic acids is 1. The summed E-state index contributed by atoms with van der Waals surface area (Å²) in [5, 5.41) is 10.0. The van der Waals surface area contributed by atoms with E-state index in [0.29, 0.717) is 5.56 Å². The highest BCUT2D eigenvalue weighted by atomic mass is 19.4. The number of hydrogen-bond acceptors (Lipinski definition) is 3. The lowest BCUT2D eigenvalue weighted by atomic mass is 10.1. The summed E-state index contributed by atoms with van der Waals surface area (Å²) < 4.78 is 41.7. The maximum absolute atomic E-state index is 12.3. The molecule has 0 unspecified atom stereocenters. The Morgan fingerprint density at radius 2 is 2.06 bits per heavy atom. The van der Waals surface area contributed by atoms with E-state index in [1.54, 1.807) is 0 Å². The third-order valence-corrected chi connectivity index (χ3v) is 2.01. The predicted octanol–water partition coefficient (Wildman–Crippen LogP) is 1.01. The molecule has 0 heterocycles. The summed E-state index contributed by atoms with van der Waals surface area (Å²) in [5.41, 5.74) is -0.284. The Kier molecular flexibility index (Phi) is 4.51. The molecule has 0 aliphatic carbocycles. The molecule has 0 saturated carbocycles. The van der Waals surface area contributed by atoms with Crippen LogP contribution in [0.5, 0.6) is 0 Å². The van der Waals surface area contributed by atoms with Gasteiger partial charge in [0.2, 0.25) is 0 Å². The number of benzene rings is 1. The van der Waals surface area contributed by atoms with Crippen LogP contribution >= 0.6 is 0 Å². The lowest BCUT2D eigenvalue weighted by Crippen LogP contribution is -2.27. The summed E-state index contributed by atoms with van der Waals surface area (Å²) in [6, 6.07) is 4.82. The summed E-state index contributed by atoms with van der Waals surface area (Å²) in [5.74, 6) is -1.35. The molecule has 1 aromatic carbocycles. The van der Waals surface area contributed by atoms with E-state index < -0.39 is 24.3 Å². The van der Waals surface area contributed by atoms with Gasteiger partial charge < -0.3 is 14.6 Å². The highest BCUT2D eigenvalue weighted by molar-refractivity contribution is 5.65. The van der Waals surface area contributed by atoms with Crippen LogP contribution in [0, 0.1) is 0 Å². The molecular weight excluding hydrogens is 237 g/mol. The van der Waals surface area contributed by atoms with Crippen LogP contribution in [0.3, 0.4) is 0 Å². The van der Waals surface area contributed by atoms with Gasteiger partial charge in [-0.05, 0) is 18.1 Å². The predicted molar refractivity (Wildman–Crippen MR) is 51.0 cm³/mol. The Morgan fingerprint density at radius 1 is 1.35 bits per heavy atom. The molecule has 17 heavy (non-hydrogen) atoms. The fourth-order valence-corrected chi connectivity index (χ4v) is 1.25. The zero-order valence-electron chi connectivity index (χ0n) is 8.79. The van der Waals surface area contributed by atoms with E-state index in [0.717, 1.165) is 12.1 Å². The molecule has 1 aromatic rings. The van der Waals surface area contributed by atoms with E-state index in [-0.39, 0.29) is 13.0 Å². The molecule has 0 fully saturated rings. The van der Waals surface area contributed by atoms with Crippen LogP contribution in [0.2, 0.25) is 0 Å². The second-order valence-corrected chi connectivity index (χ2v) is 3.37. The van der Waals surface area contributed by atoms with Gasteiger partial charge in [0.1, 0.15) is 0 Å². The van der Waals surface area contributed by atoms with Gasteiger partial charge in [-0.25, -0.2) is 0 Å². The number of halogens is 3. The monoisotopic (exact) mass is 247 g/mol. The molecule has 0 aromatic heterocycles. The Balaban J connectivity index is 2.52. The average Bonchev–Trinajstić information content (AvgIpc) is 2.23. The molecule has 94 valence electrons. The number of alkyl halides is 3. The van der Waals surface area contributed by atoms with Crippen molar-refractivity contribution in [1.29, 1.82) is 0 Å². The molecule has 0 N–H and O–H groups in total. The molecule has 1 rings (SSSR count). The zero-order chi connectivity index (χ0) is 12.9. The molecule has 0 spiro atoms. The lowest BCUT2D eigenvalue weighted by molar-refractivity contribution is -0.309. The van der Waals surface area contributed by atoms with Crippen molar-refractivity contribution in [3.63, 3.8) is 0 Å². The minimum atomic E-state index is -4.37. The molecule has 0 aliphatic heterocycles. The first-order chi connectivity index (χ1) is 7.89. The van der Waals surface area contributed by atoms with Gasteiger partial charge in [0.15, 0.2) is 0 Å². The van der Waals surface area contributed by atoms with Crippen LogP contribution in [-0.2, 0) is 22.1 Å². The molecule has 0 radical (unpaired) electrons. The number of ether oxygens (including phenoxy) is 1. The normalized spacial score (nSPS) is 11.5. The quantitative estimate of drug-likeness (QED) is 0.730. The number of rotatable bonds is 5. The van der Waals surface area contributed by atoms with Crippen molar-refractivity contribution in [2.75, 3.05) is 13.2 Å². The van der Waals surface area contributed by atoms with Gasteiger partial charge >= 0.3 is 6.18 Å². The van der Waals surface area contributed by atoms with Crippen LogP contribution in [-0.4, -0.2) is 19.2 Å². The van der Waals surface area contributed by atoms with Gasteiger partial charge in [-0.15, -0.1) is 0 Å². The minimum Gasteiger partial charge on any atom is -0.548 e. The minimum absolute atomic E-state index is 0.0370. The van der Waals surface area contributed by atoms with E-state index in [9.17, 15) is 23.1 Å². The highest BCUT2D eigenvalue weighted by Gasteiger charge is 2.30. The van der Waals surface area contributed by atoms with Crippen LogP contribution in [0.1, 0.15) is 11.1 Å². The maximum atomic E-state index is 12.3. The smallest absolute Gasteiger partial charge is 0.416 e. The van der Waals surface area contributed by atoms with Crippen molar-refractivity contribution in [1.82, 2.24) is 0 Å². The molecular formula is C11H10F3O3-. The van der Waals surface area contributed by atoms with Gasteiger partial charge in [-0.2, -0.15) is 13.2 Å². The second kappa shape index (κ2) is 5.67. The summed E-state index contributed by atoms with van der Waals surface area (Å²) >= 11 is 0. The van der Waals surface area contributed by atoms with Gasteiger partial charge in [0.25, 0.3) is 0 Å². The Labute approximate surface area is 95.8 Å². The number of carbonyl (C=O) groups is 1. The molecule has 0 bridgehead atoms. The maximum Gasteiger partial charge on any atom is 0.416 e. The van der Waals surface area contributed by atoms with Crippen molar-refractivity contribution in [3.05, 3.63) is 35.4 Å². The summed E-state index contributed by atoms with van der Waals surface area (Å²) in [6.45, 7) is -0.520. The molecule has 0 aliphatic rings. The van der Waals surface area contributed by atoms with Crippen LogP contribution < -0.4 is 5.11 Å². The third-order valence-electron chi connectivity index (χ3n) is 2.01. The van der Waals surface area contributed by atoms with E-state index in [1.807, 2.05) is 0 Å². The molecule has 0 amide bonds. The standard InChI is InChI=1S/C11H11F3O3/c12-11(13,14)9-3-1-2-8(6-9)4-5-17-7-10(15)16/h1-3,6H,4-5,7H2,(H,15,16)/p-1. The molecule has 3 nitrogen and oxygen atoms in total. The molecule has 0 saturated heterocycles. The largest absolute Gasteiger partial charge is 0.548 e. The Bertz CT molecular complexity index is 388. The zero-order valence-corrected chi connectivity index (χ0v) is 8.79. The fraction of sp³-hybridized carbons (Fsp3) is 0.364. The van der Waals surface area contributed by atoms with Gasteiger partial charge in [-0.1, -0.05) is 18.2 Å². The van der Waals surface area contributed by atoms with Gasteiger partial charge in [0, 0.05) is 0 Å². The van der Waals surface area contributed by atoms with E-state index in [4.69, 9.17) is 0 Å². The highest BCUT2D eigenvalue weighted by Crippen LogP contribution is 2.29. The van der Waals surface area contributed by atoms with Crippen LogP contribution in [0.25, 0.3) is 0 Å². The first-order valence-electron chi connectivity index (χ1n) is 4.83. The molecule has 0 atom stereocenters. The number of carbonyl (C=O) groups excluding carboxylic acids is 1. The summed E-state index contributed by atoms with van der Waals surface area (Å²) in [7, 11) is 0. The fourth-order valence-electron chi connectivity index (χ4n) is 1.25. The Morgan fingerprint density at radius 3 is 2.65 bits per heavy atom. The molecule has 6 heteroatoms. The first kappa shape index (κ1) is 13.5. The number of aliphatic carboxylic acids is 1. The van der Waals surface area contributed by atoms with Crippen molar-refractivity contribution < 1.29 is 27.8 Å². The lowest BCUT2D eigenvalue weighted by Gasteiger charge is -2.09. The topological polar surface area (TPSA) is 49.4 Å². The van der Waals surface area contributed by atoms with Gasteiger partial charge in [-0.3, -0.25) is 0 Å². The van der Waals surface area contributed by atoms with Crippen molar-refractivity contribution >= 4 is 5.97 Å². The van der Waals surface area contributed by atoms with Crippen molar-refractivity contribution in [3.8, 4) is 0 Å². The second-order valence-electron chi connectivity index (χ2n) is 3.37. The summed E-state index contributed by atoms with van der Waals surface area (Å²) in [4.78, 5) is 10.0.